The number of hydrogen-bond donors (Lipinski definition) is 0. The molecule has 2 aromatic heterocycles. The number of methoxy groups -OCH3 is 1. The summed E-state index contributed by atoms with van der Waals surface area (Å²) in [6.07, 6.45) is 2.78. The second-order valence-corrected chi connectivity index (χ2v) is 8.96. The molecule has 36 heavy (non-hydrogen) atoms. The molecule has 5 rings (SSSR count). The van der Waals surface area contributed by atoms with E-state index in [-0.39, 0.29) is 17.6 Å². The van der Waals surface area contributed by atoms with Gasteiger partial charge in [-0.1, -0.05) is 12.1 Å². The lowest BCUT2D eigenvalue weighted by Gasteiger charge is -2.37. The minimum Gasteiger partial charge on any atom is -0.493 e. The lowest BCUT2D eigenvalue weighted by atomic mass is 10.0. The first kappa shape index (κ1) is 23.7. The van der Waals surface area contributed by atoms with Crippen LogP contribution in [0.2, 0.25) is 0 Å². The number of aromatic nitrogens is 4. The van der Waals surface area contributed by atoms with Crippen LogP contribution in [0.3, 0.4) is 0 Å². The standard InChI is InChI=1S/C26H27FN6O3/c1-16-13-31(2)9-10-33(16)26(34)36-23-11-18-21(12-22(23)35-4)28-15-29-24(18)19-14-32(3)30-25(19)17-7-5-6-8-20(17)27/h5-8,11-12,14-16H,9-10,13H2,1-4H3/t16-/m0/s1. The molecule has 0 N–H and O–H groups in total. The van der Waals surface area contributed by atoms with Crippen molar-refractivity contribution in [3.05, 3.63) is 54.7 Å². The number of likely N-dealkylation sites (N-methyl/N-ethyl adjacent to an activating group) is 1. The van der Waals surface area contributed by atoms with Crippen LogP contribution in [-0.4, -0.2) is 75.5 Å². The number of carbonyl (C=O) groups excluding carboxylic acids is 1. The van der Waals surface area contributed by atoms with Crippen LogP contribution in [0.4, 0.5) is 9.18 Å². The monoisotopic (exact) mass is 490 g/mol. The van der Waals surface area contributed by atoms with Crippen molar-refractivity contribution in [1.82, 2.24) is 29.5 Å². The third-order valence-corrected chi connectivity index (χ3v) is 6.40. The lowest BCUT2D eigenvalue weighted by molar-refractivity contribution is 0.0886. The van der Waals surface area contributed by atoms with E-state index in [0.717, 1.165) is 13.1 Å². The van der Waals surface area contributed by atoms with Crippen molar-refractivity contribution in [3.8, 4) is 34.0 Å². The predicted octanol–water partition coefficient (Wildman–Crippen LogP) is 3.98. The maximum Gasteiger partial charge on any atom is 0.415 e. The number of rotatable bonds is 4. The average molecular weight is 491 g/mol. The number of amides is 1. The van der Waals surface area contributed by atoms with Gasteiger partial charge in [0.2, 0.25) is 0 Å². The highest BCUT2D eigenvalue weighted by atomic mass is 19.1. The van der Waals surface area contributed by atoms with Gasteiger partial charge >= 0.3 is 6.09 Å². The van der Waals surface area contributed by atoms with E-state index in [0.29, 0.717) is 45.7 Å². The maximum atomic E-state index is 14.7. The third kappa shape index (κ3) is 4.35. The topological polar surface area (TPSA) is 85.6 Å². The molecule has 0 unspecified atom stereocenters. The molecular formula is C26H27FN6O3. The average Bonchev–Trinajstić information content (AvgIpc) is 3.24. The van der Waals surface area contributed by atoms with Gasteiger partial charge < -0.3 is 19.3 Å². The van der Waals surface area contributed by atoms with E-state index < -0.39 is 6.09 Å². The van der Waals surface area contributed by atoms with E-state index >= 15 is 0 Å². The van der Waals surface area contributed by atoms with Gasteiger partial charge in [-0.15, -0.1) is 0 Å². The molecule has 3 heterocycles. The Hall–Kier alpha value is -4.05. The quantitative estimate of drug-likeness (QED) is 0.428. The minimum atomic E-state index is -0.444. The van der Waals surface area contributed by atoms with E-state index in [2.05, 4.69) is 20.0 Å². The Morgan fingerprint density at radius 3 is 2.61 bits per heavy atom. The van der Waals surface area contributed by atoms with Crippen molar-refractivity contribution >= 4 is 17.0 Å². The molecule has 1 aliphatic heterocycles. The molecule has 0 spiro atoms. The summed E-state index contributed by atoms with van der Waals surface area (Å²) in [6, 6.07) is 9.88. The molecule has 1 atom stereocenters. The van der Waals surface area contributed by atoms with Crippen molar-refractivity contribution in [2.24, 2.45) is 7.05 Å². The fourth-order valence-electron chi connectivity index (χ4n) is 4.60. The number of hydrogen-bond acceptors (Lipinski definition) is 7. The van der Waals surface area contributed by atoms with Gasteiger partial charge in [-0.25, -0.2) is 19.2 Å². The Bertz CT molecular complexity index is 1440. The van der Waals surface area contributed by atoms with Crippen molar-refractivity contribution in [1.29, 1.82) is 0 Å². The van der Waals surface area contributed by atoms with Gasteiger partial charge in [0, 0.05) is 61.5 Å². The Morgan fingerprint density at radius 2 is 1.86 bits per heavy atom. The highest BCUT2D eigenvalue weighted by Crippen LogP contribution is 2.39. The molecule has 1 aliphatic rings. The number of halogens is 1. The molecule has 1 amide bonds. The maximum absolute atomic E-state index is 14.7. The first-order valence-electron chi connectivity index (χ1n) is 11.6. The summed E-state index contributed by atoms with van der Waals surface area (Å²) < 4.78 is 27.6. The van der Waals surface area contributed by atoms with Crippen molar-refractivity contribution in [2.45, 2.75) is 13.0 Å². The predicted molar refractivity (Wildman–Crippen MR) is 133 cm³/mol. The first-order valence-corrected chi connectivity index (χ1v) is 11.6. The Labute approximate surface area is 208 Å². The van der Waals surface area contributed by atoms with E-state index in [1.54, 1.807) is 53.2 Å². The van der Waals surface area contributed by atoms with Crippen LogP contribution in [-0.2, 0) is 7.05 Å². The highest BCUT2D eigenvalue weighted by Gasteiger charge is 2.28. The summed E-state index contributed by atoms with van der Waals surface area (Å²) in [5.74, 6) is 0.254. The number of carbonyl (C=O) groups is 1. The zero-order chi connectivity index (χ0) is 25.4. The van der Waals surface area contributed by atoms with Gasteiger partial charge in [0.15, 0.2) is 11.5 Å². The summed E-state index contributed by atoms with van der Waals surface area (Å²) in [4.78, 5) is 25.8. The van der Waals surface area contributed by atoms with Crippen LogP contribution < -0.4 is 9.47 Å². The number of benzene rings is 2. The Balaban J connectivity index is 1.59. The van der Waals surface area contributed by atoms with Crippen LogP contribution in [0, 0.1) is 5.82 Å². The summed E-state index contributed by atoms with van der Waals surface area (Å²) >= 11 is 0. The fourth-order valence-corrected chi connectivity index (χ4v) is 4.60. The molecule has 0 bridgehead atoms. The molecule has 4 aromatic rings. The van der Waals surface area contributed by atoms with Crippen LogP contribution in [0.25, 0.3) is 33.4 Å². The minimum absolute atomic E-state index is 0.0142. The Morgan fingerprint density at radius 1 is 1.06 bits per heavy atom. The molecule has 2 aromatic carbocycles. The molecule has 1 fully saturated rings. The number of aryl methyl sites for hydroxylation is 1. The number of ether oxygens (including phenoxy) is 2. The van der Waals surface area contributed by atoms with Crippen molar-refractivity contribution in [3.63, 3.8) is 0 Å². The smallest absolute Gasteiger partial charge is 0.415 e. The van der Waals surface area contributed by atoms with Crippen molar-refractivity contribution in [2.75, 3.05) is 33.8 Å². The third-order valence-electron chi connectivity index (χ3n) is 6.40. The van der Waals surface area contributed by atoms with Crippen LogP contribution in [0.1, 0.15) is 6.92 Å². The van der Waals surface area contributed by atoms with Gasteiger partial charge in [-0.05, 0) is 32.2 Å². The zero-order valence-corrected chi connectivity index (χ0v) is 20.6. The second-order valence-electron chi connectivity index (χ2n) is 8.96. The molecule has 186 valence electrons. The molecule has 0 saturated carbocycles. The highest BCUT2D eigenvalue weighted by molar-refractivity contribution is 5.97. The summed E-state index contributed by atoms with van der Waals surface area (Å²) in [5.41, 5.74) is 2.58. The molecular weight excluding hydrogens is 463 g/mol. The van der Waals surface area contributed by atoms with Gasteiger partial charge in [0.1, 0.15) is 17.8 Å². The molecule has 0 radical (unpaired) electrons. The molecule has 0 aliphatic carbocycles. The number of nitrogens with zero attached hydrogens (tertiary/aromatic N) is 6. The Kier molecular flexibility index (Phi) is 6.27. The summed E-state index contributed by atoms with van der Waals surface area (Å²) in [6.45, 7) is 4.10. The number of piperazine rings is 1. The van der Waals surface area contributed by atoms with E-state index in [9.17, 15) is 9.18 Å². The van der Waals surface area contributed by atoms with Gasteiger partial charge in [0.25, 0.3) is 0 Å². The van der Waals surface area contributed by atoms with Gasteiger partial charge in [-0.3, -0.25) is 4.68 Å². The second kappa shape index (κ2) is 9.54. The lowest BCUT2D eigenvalue weighted by Crippen LogP contribution is -2.53. The SMILES string of the molecule is COc1cc2ncnc(-c3cn(C)nc3-c3ccccc3F)c2cc1OC(=O)N1CCN(C)C[C@@H]1C. The van der Waals surface area contributed by atoms with E-state index in [1.807, 2.05) is 14.0 Å². The first-order chi connectivity index (χ1) is 17.4. The normalized spacial score (nSPS) is 16.4. The zero-order valence-electron chi connectivity index (χ0n) is 20.6. The molecule has 10 heteroatoms. The van der Waals surface area contributed by atoms with Gasteiger partial charge in [0.05, 0.1) is 18.3 Å². The van der Waals surface area contributed by atoms with E-state index in [1.165, 1.54) is 19.5 Å². The van der Waals surface area contributed by atoms with Crippen LogP contribution >= 0.6 is 0 Å². The fraction of sp³-hybridized carbons (Fsp3) is 0.308. The summed E-state index contributed by atoms with van der Waals surface area (Å²) in [5, 5.41) is 5.12. The van der Waals surface area contributed by atoms with Gasteiger partial charge in [-0.2, -0.15) is 5.10 Å². The summed E-state index contributed by atoms with van der Waals surface area (Å²) in [7, 11) is 5.31. The largest absolute Gasteiger partial charge is 0.493 e. The van der Waals surface area contributed by atoms with Crippen molar-refractivity contribution < 1.29 is 18.7 Å². The number of fused-ring (bicyclic) bond motifs is 1. The molecule has 9 nitrogen and oxygen atoms in total. The van der Waals surface area contributed by atoms with Crippen LogP contribution in [0.5, 0.6) is 11.5 Å². The van der Waals surface area contributed by atoms with Crippen LogP contribution in [0.15, 0.2) is 48.9 Å². The van der Waals surface area contributed by atoms with E-state index in [4.69, 9.17) is 9.47 Å². The molecule has 1 saturated heterocycles.